The van der Waals surface area contributed by atoms with E-state index in [9.17, 15) is 9.59 Å². The number of benzene rings is 1. The number of amides is 2. The second kappa shape index (κ2) is 10.8. The Labute approximate surface area is 177 Å². The largest absolute Gasteiger partial charge is 0.495 e. The predicted octanol–water partition coefficient (Wildman–Crippen LogP) is 2.34. The third kappa shape index (κ3) is 5.71. The zero-order valence-corrected chi connectivity index (χ0v) is 17.6. The van der Waals surface area contributed by atoms with Crippen LogP contribution in [0, 0.1) is 0 Å². The fourth-order valence-electron chi connectivity index (χ4n) is 3.31. The van der Waals surface area contributed by atoms with E-state index in [-0.39, 0.29) is 36.8 Å². The molecule has 2 heterocycles. The molecule has 1 atom stereocenters. The molecule has 9 heteroatoms. The minimum Gasteiger partial charge on any atom is -0.495 e. The van der Waals surface area contributed by atoms with Gasteiger partial charge in [-0.05, 0) is 44.5 Å². The predicted molar refractivity (Wildman–Crippen MR) is 114 cm³/mol. The SMILES string of the molecule is CCN(CC(=O)Nc1ccccc1OC)C(=O)c1ccn(C2CCCNC2)n1.Cl. The Kier molecular flexibility index (Phi) is 8.48. The fraction of sp³-hybridized carbons (Fsp3) is 0.450. The lowest BCUT2D eigenvalue weighted by Gasteiger charge is -2.23. The highest BCUT2D eigenvalue weighted by Crippen LogP contribution is 2.23. The summed E-state index contributed by atoms with van der Waals surface area (Å²) in [4.78, 5) is 26.7. The topological polar surface area (TPSA) is 88.5 Å². The van der Waals surface area contributed by atoms with E-state index in [4.69, 9.17) is 4.74 Å². The summed E-state index contributed by atoms with van der Waals surface area (Å²) in [6, 6.07) is 9.15. The third-order valence-corrected chi connectivity index (χ3v) is 4.86. The van der Waals surface area contributed by atoms with E-state index in [1.54, 1.807) is 25.3 Å². The van der Waals surface area contributed by atoms with Crippen LogP contribution < -0.4 is 15.4 Å². The van der Waals surface area contributed by atoms with Crippen molar-refractivity contribution >= 4 is 29.9 Å². The van der Waals surface area contributed by atoms with Gasteiger partial charge in [-0.2, -0.15) is 5.10 Å². The van der Waals surface area contributed by atoms with Crippen LogP contribution in [0.2, 0.25) is 0 Å². The highest BCUT2D eigenvalue weighted by Gasteiger charge is 2.22. The summed E-state index contributed by atoms with van der Waals surface area (Å²) in [7, 11) is 1.55. The summed E-state index contributed by atoms with van der Waals surface area (Å²) in [6.45, 7) is 4.08. The van der Waals surface area contributed by atoms with Crippen molar-refractivity contribution in [2.45, 2.75) is 25.8 Å². The van der Waals surface area contributed by atoms with E-state index < -0.39 is 0 Å². The van der Waals surface area contributed by atoms with Gasteiger partial charge in [0.1, 0.15) is 18.0 Å². The standard InChI is InChI=1S/C20H27N5O3.ClH/c1-3-24(14-19(26)22-16-8-4-5-9-18(16)28-2)20(27)17-10-12-25(23-17)15-7-6-11-21-13-15;/h4-5,8-10,12,15,21H,3,6-7,11,13-14H2,1-2H3,(H,22,26);1H. The number of rotatable bonds is 7. The van der Waals surface area contributed by atoms with Crippen molar-refractivity contribution in [2.75, 3.05) is 38.6 Å². The lowest BCUT2D eigenvalue weighted by Crippen LogP contribution is -2.38. The molecule has 1 aromatic carbocycles. The van der Waals surface area contributed by atoms with Crippen LogP contribution in [0.25, 0.3) is 0 Å². The summed E-state index contributed by atoms with van der Waals surface area (Å²) in [5, 5.41) is 10.6. The van der Waals surface area contributed by atoms with Gasteiger partial charge in [-0.15, -0.1) is 12.4 Å². The molecule has 158 valence electrons. The molecule has 1 unspecified atom stereocenters. The Balaban J connectivity index is 0.00000300. The smallest absolute Gasteiger partial charge is 0.274 e. The van der Waals surface area contributed by atoms with Gasteiger partial charge in [-0.1, -0.05) is 12.1 Å². The van der Waals surface area contributed by atoms with Crippen LogP contribution in [0.4, 0.5) is 5.69 Å². The molecule has 2 N–H and O–H groups in total. The fourth-order valence-corrected chi connectivity index (χ4v) is 3.31. The quantitative estimate of drug-likeness (QED) is 0.716. The van der Waals surface area contributed by atoms with Crippen molar-refractivity contribution in [1.29, 1.82) is 0 Å². The first-order valence-corrected chi connectivity index (χ1v) is 9.60. The number of nitrogens with one attached hydrogen (secondary N) is 2. The monoisotopic (exact) mass is 421 g/mol. The number of likely N-dealkylation sites (N-methyl/N-ethyl adjacent to an activating group) is 1. The number of aromatic nitrogens is 2. The number of piperidine rings is 1. The van der Waals surface area contributed by atoms with Crippen LogP contribution >= 0.6 is 12.4 Å². The van der Waals surface area contributed by atoms with E-state index in [2.05, 4.69) is 15.7 Å². The molecule has 0 bridgehead atoms. The number of para-hydroxylation sites is 2. The maximum atomic E-state index is 12.8. The summed E-state index contributed by atoms with van der Waals surface area (Å²) in [5.41, 5.74) is 0.935. The summed E-state index contributed by atoms with van der Waals surface area (Å²) in [6.07, 6.45) is 3.98. The van der Waals surface area contributed by atoms with Crippen LogP contribution in [-0.4, -0.2) is 59.8 Å². The van der Waals surface area contributed by atoms with Crippen molar-refractivity contribution in [1.82, 2.24) is 20.0 Å². The van der Waals surface area contributed by atoms with Crippen LogP contribution in [0.15, 0.2) is 36.5 Å². The number of anilines is 1. The van der Waals surface area contributed by atoms with Crippen molar-refractivity contribution in [3.8, 4) is 5.75 Å². The maximum Gasteiger partial charge on any atom is 0.274 e. The number of hydrogen-bond donors (Lipinski definition) is 2. The van der Waals surface area contributed by atoms with Crippen molar-refractivity contribution in [3.63, 3.8) is 0 Å². The number of carbonyl (C=O) groups is 2. The first-order chi connectivity index (χ1) is 13.6. The molecule has 1 aliphatic rings. The minimum absolute atomic E-state index is 0. The zero-order chi connectivity index (χ0) is 19.9. The molecule has 29 heavy (non-hydrogen) atoms. The minimum atomic E-state index is -0.282. The molecule has 2 amide bonds. The van der Waals surface area contributed by atoms with Gasteiger partial charge in [0.05, 0.1) is 18.8 Å². The first-order valence-electron chi connectivity index (χ1n) is 9.60. The van der Waals surface area contributed by atoms with Gasteiger partial charge in [0.2, 0.25) is 5.91 Å². The second-order valence-corrected chi connectivity index (χ2v) is 6.75. The Bertz CT molecular complexity index is 820. The first kappa shape index (κ1) is 22.7. The number of hydrogen-bond acceptors (Lipinski definition) is 5. The van der Waals surface area contributed by atoms with Crippen molar-refractivity contribution in [2.24, 2.45) is 0 Å². The van der Waals surface area contributed by atoms with Crippen LogP contribution in [0.1, 0.15) is 36.3 Å². The Hall–Kier alpha value is -2.58. The molecule has 1 fully saturated rings. The van der Waals surface area contributed by atoms with Gasteiger partial charge in [-0.25, -0.2) is 0 Å². The molecule has 8 nitrogen and oxygen atoms in total. The van der Waals surface area contributed by atoms with Gasteiger partial charge >= 0.3 is 0 Å². The zero-order valence-electron chi connectivity index (χ0n) is 16.8. The molecule has 3 rings (SSSR count). The van der Waals surface area contributed by atoms with Crippen LogP contribution in [-0.2, 0) is 4.79 Å². The molecule has 0 saturated carbocycles. The Morgan fingerprint density at radius 3 is 2.83 bits per heavy atom. The molecule has 0 spiro atoms. The summed E-state index contributed by atoms with van der Waals surface area (Å²) in [5.74, 6) is 0.0425. The number of nitrogens with zero attached hydrogens (tertiary/aromatic N) is 3. The molecule has 1 saturated heterocycles. The van der Waals surface area contributed by atoms with Gasteiger partial charge in [0.25, 0.3) is 5.91 Å². The van der Waals surface area contributed by atoms with E-state index in [0.29, 0.717) is 23.7 Å². The molecule has 0 radical (unpaired) electrons. The van der Waals surface area contributed by atoms with Crippen molar-refractivity contribution < 1.29 is 14.3 Å². The lowest BCUT2D eigenvalue weighted by molar-refractivity contribution is -0.116. The van der Waals surface area contributed by atoms with Gasteiger partial charge in [-0.3, -0.25) is 14.3 Å². The number of methoxy groups -OCH3 is 1. The molecule has 1 aliphatic heterocycles. The summed E-state index contributed by atoms with van der Waals surface area (Å²) < 4.78 is 7.09. The molecular weight excluding hydrogens is 394 g/mol. The average Bonchev–Trinajstić information content (AvgIpc) is 3.23. The van der Waals surface area contributed by atoms with Gasteiger partial charge in [0, 0.05) is 19.3 Å². The Morgan fingerprint density at radius 1 is 1.34 bits per heavy atom. The second-order valence-electron chi connectivity index (χ2n) is 6.75. The number of halogens is 1. The van der Waals surface area contributed by atoms with Crippen molar-refractivity contribution in [3.05, 3.63) is 42.2 Å². The highest BCUT2D eigenvalue weighted by molar-refractivity contribution is 5.99. The Morgan fingerprint density at radius 2 is 2.14 bits per heavy atom. The number of carbonyl (C=O) groups excluding carboxylic acids is 2. The highest BCUT2D eigenvalue weighted by atomic mass is 35.5. The maximum absolute atomic E-state index is 12.8. The van der Waals surface area contributed by atoms with Gasteiger partial charge in [0.15, 0.2) is 0 Å². The van der Waals surface area contributed by atoms with E-state index in [1.165, 1.54) is 4.90 Å². The van der Waals surface area contributed by atoms with E-state index in [0.717, 1.165) is 25.9 Å². The van der Waals surface area contributed by atoms with Crippen LogP contribution in [0.5, 0.6) is 5.75 Å². The lowest BCUT2D eigenvalue weighted by atomic mass is 10.1. The van der Waals surface area contributed by atoms with E-state index >= 15 is 0 Å². The number of ether oxygens (including phenoxy) is 1. The molecule has 1 aromatic heterocycles. The average molecular weight is 422 g/mol. The molecular formula is C20H28ClN5O3. The molecule has 0 aliphatic carbocycles. The summed E-state index contributed by atoms with van der Waals surface area (Å²) >= 11 is 0. The van der Waals surface area contributed by atoms with Gasteiger partial charge < -0.3 is 20.3 Å². The third-order valence-electron chi connectivity index (χ3n) is 4.86. The van der Waals surface area contributed by atoms with E-state index in [1.807, 2.05) is 29.9 Å². The normalized spacial score (nSPS) is 15.9. The van der Waals surface area contributed by atoms with Crippen LogP contribution in [0.3, 0.4) is 0 Å². The molecule has 2 aromatic rings.